The van der Waals surface area contributed by atoms with Crippen molar-refractivity contribution < 1.29 is 9.59 Å². The van der Waals surface area contributed by atoms with Gasteiger partial charge >= 0.3 is 0 Å². The fourth-order valence-electron chi connectivity index (χ4n) is 2.43. The Morgan fingerprint density at radius 2 is 1.37 bits per heavy atom. The Hall–Kier alpha value is -2.93. The predicted molar refractivity (Wildman–Crippen MR) is 116 cm³/mol. The maximum absolute atomic E-state index is 12.8. The lowest BCUT2D eigenvalue weighted by Crippen LogP contribution is -2.31. The fraction of sp³-hybridized carbons (Fsp3) is 0. The Bertz CT molecular complexity index is 970. The number of nitrogens with one attached hydrogen (secondary N) is 2. The molecule has 0 atom stereocenters. The van der Waals surface area contributed by atoms with Gasteiger partial charge in [-0.1, -0.05) is 60.7 Å². The quantitative estimate of drug-likeness (QED) is 0.422. The zero-order valence-electron chi connectivity index (χ0n) is 14.4. The zero-order chi connectivity index (χ0) is 19.1. The van der Waals surface area contributed by atoms with Crippen LogP contribution < -0.4 is 10.6 Å². The summed E-state index contributed by atoms with van der Waals surface area (Å²) in [7, 11) is 0. The number of carbonyl (C=O) groups is 2. The van der Waals surface area contributed by atoms with Gasteiger partial charge in [0.15, 0.2) is 0 Å². The van der Waals surface area contributed by atoms with E-state index in [2.05, 4.69) is 33.2 Å². The fourth-order valence-corrected chi connectivity index (χ4v) is 3.06. The van der Waals surface area contributed by atoms with Crippen LogP contribution in [0.25, 0.3) is 6.08 Å². The molecule has 0 aliphatic rings. The molecular formula is C22H17IN2O2. The lowest BCUT2D eigenvalue weighted by molar-refractivity contribution is -0.113. The summed E-state index contributed by atoms with van der Waals surface area (Å²) in [6, 6.07) is 25.7. The molecule has 0 saturated carbocycles. The van der Waals surface area contributed by atoms with Crippen LogP contribution in [0.2, 0.25) is 0 Å². The van der Waals surface area contributed by atoms with Gasteiger partial charge in [-0.15, -0.1) is 0 Å². The second-order valence-corrected chi connectivity index (χ2v) is 6.89. The third kappa shape index (κ3) is 5.27. The van der Waals surface area contributed by atoms with Crippen LogP contribution in [0.3, 0.4) is 0 Å². The molecule has 5 heteroatoms. The third-order valence-corrected chi connectivity index (χ3v) is 4.69. The van der Waals surface area contributed by atoms with Gasteiger partial charge in [0, 0.05) is 9.26 Å². The van der Waals surface area contributed by atoms with Crippen LogP contribution in [0, 0.1) is 3.57 Å². The van der Waals surface area contributed by atoms with E-state index in [1.807, 2.05) is 60.7 Å². The summed E-state index contributed by atoms with van der Waals surface area (Å²) in [5.74, 6) is -0.713. The summed E-state index contributed by atoms with van der Waals surface area (Å²) < 4.78 is 0.815. The summed E-state index contributed by atoms with van der Waals surface area (Å²) in [5, 5.41) is 5.56. The molecule has 134 valence electrons. The van der Waals surface area contributed by atoms with E-state index >= 15 is 0 Å². The van der Waals surface area contributed by atoms with Gasteiger partial charge in [-0.3, -0.25) is 9.59 Å². The van der Waals surface area contributed by atoms with E-state index in [0.29, 0.717) is 11.3 Å². The Morgan fingerprint density at radius 1 is 0.778 bits per heavy atom. The van der Waals surface area contributed by atoms with Crippen LogP contribution >= 0.6 is 22.6 Å². The Kier molecular flexibility index (Phi) is 6.38. The normalized spacial score (nSPS) is 10.9. The molecule has 3 rings (SSSR count). The van der Waals surface area contributed by atoms with Crippen LogP contribution in [0.15, 0.2) is 90.6 Å². The largest absolute Gasteiger partial charge is 0.321 e. The van der Waals surface area contributed by atoms with Gasteiger partial charge in [-0.2, -0.15) is 0 Å². The van der Waals surface area contributed by atoms with Crippen LogP contribution in [-0.2, 0) is 4.79 Å². The van der Waals surface area contributed by atoms with Crippen molar-refractivity contribution in [2.45, 2.75) is 0 Å². The van der Waals surface area contributed by atoms with Crippen molar-refractivity contribution in [2.24, 2.45) is 0 Å². The molecule has 0 heterocycles. The van der Waals surface area contributed by atoms with Crippen LogP contribution in [-0.4, -0.2) is 11.8 Å². The van der Waals surface area contributed by atoms with Crippen molar-refractivity contribution in [3.8, 4) is 0 Å². The first-order chi connectivity index (χ1) is 13.1. The molecular weight excluding hydrogens is 451 g/mol. The molecule has 2 N–H and O–H groups in total. The zero-order valence-corrected chi connectivity index (χ0v) is 16.5. The van der Waals surface area contributed by atoms with E-state index in [0.717, 1.165) is 9.13 Å². The third-order valence-electron chi connectivity index (χ3n) is 3.75. The minimum absolute atomic E-state index is 0.176. The first kappa shape index (κ1) is 18.8. The van der Waals surface area contributed by atoms with Gasteiger partial charge in [0.2, 0.25) is 0 Å². The average molecular weight is 468 g/mol. The van der Waals surface area contributed by atoms with E-state index in [1.165, 1.54) is 0 Å². The Morgan fingerprint density at radius 3 is 2.04 bits per heavy atom. The number of amides is 2. The molecule has 0 aliphatic carbocycles. The maximum Gasteiger partial charge on any atom is 0.272 e. The molecule has 3 aromatic rings. The van der Waals surface area contributed by atoms with Crippen molar-refractivity contribution in [2.75, 3.05) is 5.32 Å². The number of halogens is 1. The first-order valence-corrected chi connectivity index (χ1v) is 9.40. The molecule has 0 fully saturated rings. The second kappa shape index (κ2) is 9.14. The summed E-state index contributed by atoms with van der Waals surface area (Å²) in [6.07, 6.45) is 1.66. The van der Waals surface area contributed by atoms with E-state index in [1.54, 1.807) is 30.3 Å². The minimum atomic E-state index is -0.385. The van der Waals surface area contributed by atoms with Crippen molar-refractivity contribution in [1.82, 2.24) is 5.32 Å². The highest BCUT2D eigenvalue weighted by Gasteiger charge is 2.16. The van der Waals surface area contributed by atoms with Crippen molar-refractivity contribution in [3.05, 3.63) is 105 Å². The van der Waals surface area contributed by atoms with Gasteiger partial charge in [-0.05, 0) is 58.5 Å². The lowest BCUT2D eigenvalue weighted by atomic mass is 10.1. The van der Waals surface area contributed by atoms with Gasteiger partial charge < -0.3 is 10.6 Å². The number of hydrogen-bond donors (Lipinski definition) is 2. The van der Waals surface area contributed by atoms with Crippen molar-refractivity contribution >= 4 is 46.2 Å². The standard InChI is InChI=1S/C22H17IN2O2/c23-19-14-8-7-13-18(19)21(26)25-20(15-16-9-3-1-4-10-16)22(27)24-17-11-5-2-6-12-17/h1-15H,(H,24,27)(H,25,26). The van der Waals surface area contributed by atoms with Crippen LogP contribution in [0.1, 0.15) is 15.9 Å². The maximum atomic E-state index is 12.8. The molecule has 2 amide bonds. The molecule has 0 saturated heterocycles. The number of para-hydroxylation sites is 1. The Balaban J connectivity index is 1.88. The predicted octanol–water partition coefficient (Wildman–Crippen LogP) is 4.70. The van der Waals surface area contributed by atoms with E-state index in [-0.39, 0.29) is 17.5 Å². The summed E-state index contributed by atoms with van der Waals surface area (Å²) in [4.78, 5) is 25.5. The first-order valence-electron chi connectivity index (χ1n) is 8.32. The number of hydrogen-bond acceptors (Lipinski definition) is 2. The molecule has 27 heavy (non-hydrogen) atoms. The van der Waals surface area contributed by atoms with Gasteiger partial charge in [0.05, 0.1) is 5.56 Å². The number of anilines is 1. The number of carbonyl (C=O) groups excluding carboxylic acids is 2. The van der Waals surface area contributed by atoms with E-state index in [9.17, 15) is 9.59 Å². The molecule has 0 aliphatic heterocycles. The Labute approximate surface area is 171 Å². The highest BCUT2D eigenvalue weighted by molar-refractivity contribution is 14.1. The average Bonchev–Trinajstić information content (AvgIpc) is 2.69. The highest BCUT2D eigenvalue weighted by atomic mass is 127. The molecule has 3 aromatic carbocycles. The lowest BCUT2D eigenvalue weighted by Gasteiger charge is -2.12. The van der Waals surface area contributed by atoms with Gasteiger partial charge in [-0.25, -0.2) is 0 Å². The van der Waals surface area contributed by atoms with Gasteiger partial charge in [0.25, 0.3) is 11.8 Å². The molecule has 0 radical (unpaired) electrons. The van der Waals surface area contributed by atoms with Crippen molar-refractivity contribution in [1.29, 1.82) is 0 Å². The molecule has 0 bridgehead atoms. The monoisotopic (exact) mass is 468 g/mol. The topological polar surface area (TPSA) is 58.2 Å². The second-order valence-electron chi connectivity index (χ2n) is 5.72. The molecule has 0 spiro atoms. The SMILES string of the molecule is O=C(Nc1ccccc1)C(=Cc1ccccc1)NC(=O)c1ccccc1I. The summed E-state index contributed by atoms with van der Waals surface area (Å²) in [6.45, 7) is 0. The van der Waals surface area contributed by atoms with E-state index < -0.39 is 0 Å². The summed E-state index contributed by atoms with van der Waals surface area (Å²) in [5.41, 5.74) is 2.17. The molecule has 4 nitrogen and oxygen atoms in total. The van der Waals surface area contributed by atoms with Crippen molar-refractivity contribution in [3.63, 3.8) is 0 Å². The highest BCUT2D eigenvalue weighted by Crippen LogP contribution is 2.14. The summed E-state index contributed by atoms with van der Waals surface area (Å²) >= 11 is 2.10. The molecule has 0 unspecified atom stereocenters. The number of benzene rings is 3. The number of rotatable bonds is 5. The smallest absolute Gasteiger partial charge is 0.272 e. The van der Waals surface area contributed by atoms with Crippen LogP contribution in [0.5, 0.6) is 0 Å². The van der Waals surface area contributed by atoms with Gasteiger partial charge in [0.1, 0.15) is 5.70 Å². The van der Waals surface area contributed by atoms with E-state index in [4.69, 9.17) is 0 Å². The van der Waals surface area contributed by atoms with Crippen LogP contribution in [0.4, 0.5) is 5.69 Å². The molecule has 0 aromatic heterocycles. The minimum Gasteiger partial charge on any atom is -0.321 e.